The topological polar surface area (TPSA) is 39.7 Å². The van der Waals surface area contributed by atoms with E-state index in [1.807, 2.05) is 6.92 Å². The maximum atomic E-state index is 11.7. The van der Waals surface area contributed by atoms with Crippen molar-refractivity contribution in [1.82, 2.24) is 5.32 Å². The highest BCUT2D eigenvalue weighted by atomic mass is 19.4. The number of alkyl halides is 3. The molecule has 2 unspecified atom stereocenters. The van der Waals surface area contributed by atoms with E-state index in [1.165, 1.54) is 0 Å². The second kappa shape index (κ2) is 6.39. The summed E-state index contributed by atoms with van der Waals surface area (Å²) in [5, 5.41) is 3.12. The molecule has 1 heterocycles. The van der Waals surface area contributed by atoms with Gasteiger partial charge in [0.1, 0.15) is 13.4 Å². The number of halogens is 3. The lowest BCUT2D eigenvalue weighted by Crippen LogP contribution is -2.45. The van der Waals surface area contributed by atoms with E-state index in [-0.39, 0.29) is 25.6 Å². The summed E-state index contributed by atoms with van der Waals surface area (Å²) in [7, 11) is 0. The van der Waals surface area contributed by atoms with E-state index in [2.05, 4.69) is 10.1 Å². The first-order valence-corrected chi connectivity index (χ1v) is 5.06. The predicted molar refractivity (Wildman–Crippen MR) is 50.0 cm³/mol. The number of hydrogen-bond acceptors (Lipinski definition) is 4. The van der Waals surface area contributed by atoms with Crippen LogP contribution in [-0.4, -0.2) is 51.5 Å². The maximum absolute atomic E-state index is 11.7. The lowest BCUT2D eigenvalue weighted by molar-refractivity contribution is -0.201. The van der Waals surface area contributed by atoms with Crippen LogP contribution in [-0.2, 0) is 14.2 Å². The molecule has 0 saturated carbocycles. The first-order valence-electron chi connectivity index (χ1n) is 5.06. The monoisotopic (exact) mass is 243 g/mol. The number of nitrogens with one attached hydrogen (secondary N) is 1. The van der Waals surface area contributed by atoms with Crippen LogP contribution in [0.2, 0.25) is 0 Å². The van der Waals surface area contributed by atoms with Gasteiger partial charge in [-0.15, -0.1) is 0 Å². The average Bonchev–Trinajstić information content (AvgIpc) is 2.15. The molecule has 7 heteroatoms. The molecule has 2 atom stereocenters. The molecule has 0 amide bonds. The van der Waals surface area contributed by atoms with E-state index in [0.717, 1.165) is 6.54 Å². The summed E-state index contributed by atoms with van der Waals surface area (Å²) >= 11 is 0. The van der Waals surface area contributed by atoms with Gasteiger partial charge in [-0.05, 0) is 6.92 Å². The summed E-state index contributed by atoms with van der Waals surface area (Å²) in [5.74, 6) is 0. The van der Waals surface area contributed by atoms with Crippen molar-refractivity contribution in [3.8, 4) is 0 Å². The lowest BCUT2D eigenvalue weighted by Gasteiger charge is -2.28. The fourth-order valence-corrected chi connectivity index (χ4v) is 1.37. The number of morpholine rings is 1. The zero-order chi connectivity index (χ0) is 12.0. The molecule has 0 radical (unpaired) electrons. The van der Waals surface area contributed by atoms with Gasteiger partial charge in [0.25, 0.3) is 0 Å². The molecule has 1 aliphatic heterocycles. The SMILES string of the molecule is CC1CNCC(COCOCC(F)(F)F)O1. The third-order valence-electron chi connectivity index (χ3n) is 1.96. The van der Waals surface area contributed by atoms with Crippen LogP contribution in [0.5, 0.6) is 0 Å². The van der Waals surface area contributed by atoms with Crippen molar-refractivity contribution in [3.05, 3.63) is 0 Å². The van der Waals surface area contributed by atoms with Crippen molar-refractivity contribution in [3.63, 3.8) is 0 Å². The molecule has 0 aromatic rings. The van der Waals surface area contributed by atoms with Gasteiger partial charge in [-0.2, -0.15) is 13.2 Å². The molecule has 1 fully saturated rings. The van der Waals surface area contributed by atoms with E-state index in [4.69, 9.17) is 9.47 Å². The first-order chi connectivity index (χ1) is 7.47. The Morgan fingerprint density at radius 2 is 2.06 bits per heavy atom. The summed E-state index contributed by atoms with van der Waals surface area (Å²) < 4.78 is 49.7. The third-order valence-corrected chi connectivity index (χ3v) is 1.96. The van der Waals surface area contributed by atoms with Gasteiger partial charge in [0.05, 0.1) is 18.8 Å². The van der Waals surface area contributed by atoms with Crippen LogP contribution < -0.4 is 5.32 Å². The molecule has 4 nitrogen and oxygen atoms in total. The second-order valence-electron chi connectivity index (χ2n) is 3.68. The normalized spacial score (nSPS) is 27.0. The van der Waals surface area contributed by atoms with Gasteiger partial charge in [0, 0.05) is 13.1 Å². The van der Waals surface area contributed by atoms with Gasteiger partial charge >= 0.3 is 6.18 Å². The smallest absolute Gasteiger partial charge is 0.370 e. The molecule has 0 aromatic carbocycles. The van der Waals surface area contributed by atoms with Crippen LogP contribution in [0.25, 0.3) is 0 Å². The fraction of sp³-hybridized carbons (Fsp3) is 1.00. The van der Waals surface area contributed by atoms with Crippen LogP contribution in [0.15, 0.2) is 0 Å². The van der Waals surface area contributed by atoms with Crippen LogP contribution in [0, 0.1) is 0 Å². The molecular weight excluding hydrogens is 227 g/mol. The van der Waals surface area contributed by atoms with Crippen LogP contribution in [0.4, 0.5) is 13.2 Å². The highest BCUT2D eigenvalue weighted by molar-refractivity contribution is 4.70. The Kier molecular flexibility index (Phi) is 5.47. The Hall–Kier alpha value is -0.370. The number of ether oxygens (including phenoxy) is 3. The Bertz CT molecular complexity index is 201. The molecule has 0 bridgehead atoms. The minimum absolute atomic E-state index is 0.0958. The quantitative estimate of drug-likeness (QED) is 0.575. The van der Waals surface area contributed by atoms with Gasteiger partial charge in [0.2, 0.25) is 0 Å². The van der Waals surface area contributed by atoms with Crippen molar-refractivity contribution in [1.29, 1.82) is 0 Å². The second-order valence-corrected chi connectivity index (χ2v) is 3.68. The van der Waals surface area contributed by atoms with Gasteiger partial charge < -0.3 is 19.5 Å². The highest BCUT2D eigenvalue weighted by Gasteiger charge is 2.27. The van der Waals surface area contributed by atoms with Crippen LogP contribution in [0.1, 0.15) is 6.92 Å². The fourth-order valence-electron chi connectivity index (χ4n) is 1.37. The Morgan fingerprint density at radius 1 is 1.31 bits per heavy atom. The number of hydrogen-bond donors (Lipinski definition) is 1. The molecule has 0 spiro atoms. The van der Waals surface area contributed by atoms with Gasteiger partial charge in [-0.25, -0.2) is 0 Å². The average molecular weight is 243 g/mol. The van der Waals surface area contributed by atoms with E-state index in [9.17, 15) is 13.2 Å². The van der Waals surface area contributed by atoms with Crippen molar-refractivity contribution >= 4 is 0 Å². The molecule has 1 saturated heterocycles. The van der Waals surface area contributed by atoms with Crippen molar-refractivity contribution in [2.24, 2.45) is 0 Å². The molecule has 0 aliphatic carbocycles. The largest absolute Gasteiger partial charge is 0.411 e. The van der Waals surface area contributed by atoms with E-state index >= 15 is 0 Å². The van der Waals surface area contributed by atoms with Gasteiger partial charge in [-0.1, -0.05) is 0 Å². The third kappa shape index (κ3) is 6.26. The van der Waals surface area contributed by atoms with Crippen molar-refractivity contribution < 1.29 is 27.4 Å². The lowest BCUT2D eigenvalue weighted by atomic mass is 10.2. The molecule has 96 valence electrons. The summed E-state index contributed by atoms with van der Waals surface area (Å²) in [6, 6.07) is 0. The van der Waals surface area contributed by atoms with Crippen molar-refractivity contribution in [2.75, 3.05) is 33.1 Å². The van der Waals surface area contributed by atoms with E-state index < -0.39 is 12.8 Å². The summed E-state index contributed by atoms with van der Waals surface area (Å²) in [5.41, 5.74) is 0. The Morgan fingerprint density at radius 3 is 2.69 bits per heavy atom. The predicted octanol–water partition coefficient (Wildman–Crippen LogP) is 0.916. The maximum Gasteiger partial charge on any atom is 0.411 e. The molecule has 1 aliphatic rings. The molecule has 0 aromatic heterocycles. The minimum atomic E-state index is -4.30. The summed E-state index contributed by atoms with van der Waals surface area (Å²) in [6.45, 7) is 1.92. The molecule has 1 N–H and O–H groups in total. The molecule has 16 heavy (non-hydrogen) atoms. The zero-order valence-corrected chi connectivity index (χ0v) is 9.05. The molecule has 1 rings (SSSR count). The van der Waals surface area contributed by atoms with E-state index in [0.29, 0.717) is 6.54 Å². The Labute approximate surface area is 92.0 Å². The standard InChI is InChI=1S/C9H16F3NO3/c1-7-2-13-3-8(16-7)4-14-6-15-5-9(10,11)12/h7-8,13H,2-6H2,1H3. The van der Waals surface area contributed by atoms with E-state index in [1.54, 1.807) is 0 Å². The van der Waals surface area contributed by atoms with Crippen LogP contribution in [0.3, 0.4) is 0 Å². The van der Waals surface area contributed by atoms with Crippen molar-refractivity contribution in [2.45, 2.75) is 25.3 Å². The Balaban J connectivity index is 1.98. The summed E-state index contributed by atoms with van der Waals surface area (Å²) in [4.78, 5) is 0. The number of rotatable bonds is 5. The molecular formula is C9H16F3NO3. The summed E-state index contributed by atoms with van der Waals surface area (Å²) in [6.07, 6.45) is -4.34. The zero-order valence-electron chi connectivity index (χ0n) is 9.05. The van der Waals surface area contributed by atoms with Gasteiger partial charge in [-0.3, -0.25) is 0 Å². The van der Waals surface area contributed by atoms with Gasteiger partial charge in [0.15, 0.2) is 0 Å². The first kappa shape index (κ1) is 13.7. The highest BCUT2D eigenvalue weighted by Crippen LogP contribution is 2.14. The minimum Gasteiger partial charge on any atom is -0.370 e. The van der Waals surface area contributed by atoms with Crippen LogP contribution >= 0.6 is 0 Å².